The van der Waals surface area contributed by atoms with Crippen LogP contribution in [0.15, 0.2) is 57.8 Å². The van der Waals surface area contributed by atoms with Crippen LogP contribution in [-0.4, -0.2) is 28.2 Å². The van der Waals surface area contributed by atoms with Gasteiger partial charge in [0.05, 0.1) is 18.4 Å². The third-order valence-corrected chi connectivity index (χ3v) is 4.72. The van der Waals surface area contributed by atoms with Gasteiger partial charge in [0.25, 0.3) is 11.5 Å². The van der Waals surface area contributed by atoms with Gasteiger partial charge in [-0.3, -0.25) is 25.2 Å². The smallest absolute Gasteiger partial charge is 0.290 e. The van der Waals surface area contributed by atoms with Crippen molar-refractivity contribution in [3.05, 3.63) is 69.1 Å². The number of aromatic nitrogens is 2. The van der Waals surface area contributed by atoms with Gasteiger partial charge >= 0.3 is 0 Å². The van der Waals surface area contributed by atoms with Gasteiger partial charge in [-0.15, -0.1) is 0 Å². The Labute approximate surface area is 181 Å². The fraction of sp³-hybridized carbons (Fsp3) is 0.238. The van der Waals surface area contributed by atoms with Crippen molar-refractivity contribution >= 4 is 38.5 Å². The van der Waals surface area contributed by atoms with E-state index in [9.17, 15) is 14.4 Å². The molecule has 0 fully saturated rings. The molecule has 0 spiro atoms. The van der Waals surface area contributed by atoms with Gasteiger partial charge in [-0.05, 0) is 30.7 Å². The molecule has 156 valence electrons. The number of rotatable bonds is 7. The third-order valence-electron chi connectivity index (χ3n) is 4.23. The molecule has 0 saturated heterocycles. The molecule has 9 heteroatoms. The highest BCUT2D eigenvalue weighted by Crippen LogP contribution is 2.17. The van der Waals surface area contributed by atoms with E-state index in [1.54, 1.807) is 36.4 Å². The van der Waals surface area contributed by atoms with Crippen LogP contribution in [0.1, 0.15) is 30.3 Å². The molecule has 0 bridgehead atoms. The zero-order valence-corrected chi connectivity index (χ0v) is 17.9. The van der Waals surface area contributed by atoms with Crippen molar-refractivity contribution in [1.29, 1.82) is 0 Å². The van der Waals surface area contributed by atoms with Gasteiger partial charge in [0.1, 0.15) is 5.75 Å². The maximum absolute atomic E-state index is 12.6. The van der Waals surface area contributed by atoms with E-state index in [4.69, 9.17) is 4.74 Å². The SMILES string of the molecule is CCCn1nc(C(=O)NNC(=O)CCOc2cccc(Br)c2)c2ccccc2c1=O. The molecular weight excluding hydrogens is 452 g/mol. The summed E-state index contributed by atoms with van der Waals surface area (Å²) in [5, 5.41) is 5.02. The Morgan fingerprint density at radius 3 is 2.60 bits per heavy atom. The molecule has 0 aliphatic rings. The molecule has 0 aliphatic heterocycles. The standard InChI is InChI=1S/C21H21BrN4O4/c1-2-11-26-21(29)17-9-4-3-8-16(17)19(25-26)20(28)24-23-18(27)10-12-30-15-7-5-6-14(22)13-15/h3-9,13H,2,10-12H2,1H3,(H,23,27)(H,24,28). The molecule has 0 saturated carbocycles. The fourth-order valence-electron chi connectivity index (χ4n) is 2.83. The van der Waals surface area contributed by atoms with Gasteiger partial charge in [-0.2, -0.15) is 5.10 Å². The lowest BCUT2D eigenvalue weighted by atomic mass is 10.1. The molecule has 0 aliphatic carbocycles. The molecule has 2 amide bonds. The largest absolute Gasteiger partial charge is 0.493 e. The van der Waals surface area contributed by atoms with Crippen LogP contribution in [-0.2, 0) is 11.3 Å². The summed E-state index contributed by atoms with van der Waals surface area (Å²) < 4.78 is 7.65. The Morgan fingerprint density at radius 2 is 1.87 bits per heavy atom. The molecular formula is C21H21BrN4O4. The second-order valence-corrected chi connectivity index (χ2v) is 7.40. The molecule has 8 nitrogen and oxygen atoms in total. The van der Waals surface area contributed by atoms with Gasteiger partial charge in [-0.1, -0.05) is 47.1 Å². The van der Waals surface area contributed by atoms with Crippen LogP contribution in [0.25, 0.3) is 10.8 Å². The lowest BCUT2D eigenvalue weighted by Crippen LogP contribution is -2.43. The first kappa shape index (κ1) is 21.5. The summed E-state index contributed by atoms with van der Waals surface area (Å²) in [5.74, 6) is -0.378. The van der Waals surface area contributed by atoms with Crippen LogP contribution < -0.4 is 21.1 Å². The Hall–Kier alpha value is -3.20. The predicted octanol–water partition coefficient (Wildman–Crippen LogP) is 2.80. The zero-order chi connectivity index (χ0) is 21.5. The Balaban J connectivity index is 1.63. The molecule has 30 heavy (non-hydrogen) atoms. The van der Waals surface area contributed by atoms with E-state index in [-0.39, 0.29) is 24.3 Å². The molecule has 1 aromatic heterocycles. The normalized spacial score (nSPS) is 10.6. The van der Waals surface area contributed by atoms with E-state index in [0.717, 1.165) is 4.47 Å². The number of carbonyl (C=O) groups is 2. The number of fused-ring (bicyclic) bond motifs is 1. The minimum atomic E-state index is -0.600. The molecule has 0 atom stereocenters. The van der Waals surface area contributed by atoms with E-state index >= 15 is 0 Å². The molecule has 3 rings (SSSR count). The van der Waals surface area contributed by atoms with E-state index in [1.807, 2.05) is 19.1 Å². The van der Waals surface area contributed by atoms with Gasteiger partial charge < -0.3 is 4.74 Å². The van der Waals surface area contributed by atoms with Crippen molar-refractivity contribution in [2.24, 2.45) is 0 Å². The summed E-state index contributed by atoms with van der Waals surface area (Å²) >= 11 is 3.35. The predicted molar refractivity (Wildman–Crippen MR) is 116 cm³/mol. The lowest BCUT2D eigenvalue weighted by molar-refractivity contribution is -0.122. The van der Waals surface area contributed by atoms with Crippen molar-refractivity contribution in [2.45, 2.75) is 26.3 Å². The number of hydrogen-bond acceptors (Lipinski definition) is 5. The summed E-state index contributed by atoms with van der Waals surface area (Å²) in [6.45, 7) is 2.46. The Kier molecular flexibility index (Phi) is 7.18. The van der Waals surface area contributed by atoms with E-state index in [2.05, 4.69) is 31.9 Å². The number of nitrogens with zero attached hydrogens (tertiary/aromatic N) is 2. The molecule has 1 heterocycles. The minimum absolute atomic E-state index is 0.0519. The van der Waals surface area contributed by atoms with Crippen LogP contribution in [0, 0.1) is 0 Å². The van der Waals surface area contributed by atoms with Crippen LogP contribution in [0.2, 0.25) is 0 Å². The quantitative estimate of drug-likeness (QED) is 0.514. The molecule has 2 N–H and O–H groups in total. The number of hydrogen-bond donors (Lipinski definition) is 2. The average molecular weight is 473 g/mol. The highest BCUT2D eigenvalue weighted by Gasteiger charge is 2.17. The van der Waals surface area contributed by atoms with Crippen LogP contribution >= 0.6 is 15.9 Å². The first-order valence-corrected chi connectivity index (χ1v) is 10.3. The van der Waals surface area contributed by atoms with E-state index in [1.165, 1.54) is 4.68 Å². The summed E-state index contributed by atoms with van der Waals surface area (Å²) in [6.07, 6.45) is 0.747. The Bertz CT molecular complexity index is 1130. The average Bonchev–Trinajstić information content (AvgIpc) is 2.74. The fourth-order valence-corrected chi connectivity index (χ4v) is 3.21. The maximum Gasteiger partial charge on any atom is 0.290 e. The van der Waals surface area contributed by atoms with Crippen molar-refractivity contribution in [2.75, 3.05) is 6.61 Å². The topological polar surface area (TPSA) is 102 Å². The van der Waals surface area contributed by atoms with Crippen molar-refractivity contribution in [1.82, 2.24) is 20.6 Å². The number of amides is 2. The highest BCUT2D eigenvalue weighted by atomic mass is 79.9. The first-order chi connectivity index (χ1) is 14.5. The van der Waals surface area contributed by atoms with E-state index < -0.39 is 11.8 Å². The Morgan fingerprint density at radius 1 is 1.10 bits per heavy atom. The zero-order valence-electron chi connectivity index (χ0n) is 16.4. The summed E-state index contributed by atoms with van der Waals surface area (Å²) in [5.41, 5.74) is 4.53. The van der Waals surface area contributed by atoms with Gasteiger partial charge in [0, 0.05) is 16.4 Å². The van der Waals surface area contributed by atoms with Crippen LogP contribution in [0.5, 0.6) is 5.75 Å². The number of ether oxygens (including phenoxy) is 1. The molecule has 0 unspecified atom stereocenters. The molecule has 0 radical (unpaired) electrons. The van der Waals surface area contributed by atoms with Crippen LogP contribution in [0.4, 0.5) is 0 Å². The lowest BCUT2D eigenvalue weighted by Gasteiger charge is -2.11. The van der Waals surface area contributed by atoms with Gasteiger partial charge in [-0.25, -0.2) is 4.68 Å². The number of carbonyl (C=O) groups excluding carboxylic acids is 2. The highest BCUT2D eigenvalue weighted by molar-refractivity contribution is 9.10. The maximum atomic E-state index is 12.6. The summed E-state index contributed by atoms with van der Waals surface area (Å²) in [4.78, 5) is 37.2. The number of nitrogens with one attached hydrogen (secondary N) is 2. The van der Waals surface area contributed by atoms with Gasteiger partial charge in [0.15, 0.2) is 5.69 Å². The number of aryl methyl sites for hydroxylation is 1. The first-order valence-electron chi connectivity index (χ1n) is 9.47. The third kappa shape index (κ3) is 5.24. The molecule has 3 aromatic rings. The molecule has 2 aromatic carbocycles. The number of hydrazine groups is 1. The van der Waals surface area contributed by atoms with Crippen LogP contribution in [0.3, 0.4) is 0 Å². The number of halogens is 1. The second-order valence-electron chi connectivity index (χ2n) is 6.48. The van der Waals surface area contributed by atoms with Crippen molar-refractivity contribution < 1.29 is 14.3 Å². The second kappa shape index (κ2) is 10.0. The minimum Gasteiger partial charge on any atom is -0.493 e. The monoisotopic (exact) mass is 472 g/mol. The van der Waals surface area contributed by atoms with Gasteiger partial charge in [0.2, 0.25) is 5.91 Å². The van der Waals surface area contributed by atoms with Crippen molar-refractivity contribution in [3.8, 4) is 5.75 Å². The summed E-state index contributed by atoms with van der Waals surface area (Å²) in [6, 6.07) is 14.0. The summed E-state index contributed by atoms with van der Waals surface area (Å²) in [7, 11) is 0. The van der Waals surface area contributed by atoms with E-state index in [0.29, 0.717) is 29.5 Å². The number of benzene rings is 2. The van der Waals surface area contributed by atoms with Crippen molar-refractivity contribution in [3.63, 3.8) is 0 Å².